The van der Waals surface area contributed by atoms with Crippen molar-refractivity contribution in [1.29, 1.82) is 5.26 Å². The van der Waals surface area contributed by atoms with E-state index in [1.165, 1.54) is 0 Å². The van der Waals surface area contributed by atoms with Gasteiger partial charge in [0.05, 0.1) is 31.0 Å². The predicted molar refractivity (Wildman–Crippen MR) is 200 cm³/mol. The van der Waals surface area contributed by atoms with E-state index in [0.717, 1.165) is 67.5 Å². The lowest BCUT2D eigenvalue weighted by molar-refractivity contribution is -0.158. The van der Waals surface area contributed by atoms with Crippen LogP contribution < -0.4 is 19.5 Å². The molecule has 0 saturated carbocycles. The van der Waals surface area contributed by atoms with Crippen LogP contribution in [0, 0.1) is 32.1 Å². The lowest BCUT2D eigenvalue weighted by atomic mass is 9.71. The fourth-order valence-electron chi connectivity index (χ4n) is 10.8. The van der Waals surface area contributed by atoms with E-state index in [2.05, 4.69) is 72.2 Å². The van der Waals surface area contributed by atoms with Crippen LogP contribution in [-0.2, 0) is 27.9 Å². The van der Waals surface area contributed by atoms with Crippen LogP contribution in [0.15, 0.2) is 30.3 Å². The third-order valence-corrected chi connectivity index (χ3v) is 14.6. The number of aryl methyl sites for hydroxylation is 1. The first-order chi connectivity index (χ1) is 25.6. The molecule has 0 amide bonds. The number of aromatic amines is 1. The lowest BCUT2D eigenvalue weighted by Crippen LogP contribution is -2.69. The molecule has 2 fully saturated rings. The van der Waals surface area contributed by atoms with E-state index in [1.807, 2.05) is 19.1 Å². The number of aromatic hydroxyl groups is 1. The highest BCUT2D eigenvalue weighted by Crippen LogP contribution is 2.63. The SMILES string of the molecule is COc1c(C)cc2c(c1O)[C@@H]1[C@@H]3[C@@H]4SC[C@]5(N[C@@H](C)Cc6c5[nH]c5ccccc65)C(=O)OC[C@@H](c5c6c(c(C)c(C)c54)OCO6)N3[C@@H](C#N)[C@H](C2)N1C. The van der Waals surface area contributed by atoms with Gasteiger partial charge in [0.2, 0.25) is 6.79 Å². The van der Waals surface area contributed by atoms with E-state index in [-0.39, 0.29) is 54.5 Å². The molecule has 11 nitrogen and oxygen atoms in total. The number of hydrogen-bond donors (Lipinski definition) is 3. The van der Waals surface area contributed by atoms with Crippen molar-refractivity contribution in [1.82, 2.24) is 20.1 Å². The lowest BCUT2D eigenvalue weighted by Gasteiger charge is -2.62. The van der Waals surface area contributed by atoms with Crippen LogP contribution in [0.2, 0.25) is 0 Å². The first-order valence-corrected chi connectivity index (χ1v) is 19.5. The first-order valence-electron chi connectivity index (χ1n) is 18.5. The number of nitrogens with zero attached hydrogens (tertiary/aromatic N) is 3. The summed E-state index contributed by atoms with van der Waals surface area (Å²) in [7, 11) is 3.68. The topological polar surface area (TPSA) is 132 Å². The second-order valence-electron chi connectivity index (χ2n) is 15.7. The smallest absolute Gasteiger partial charge is 0.333 e. The Hall–Kier alpha value is -4.41. The highest BCUT2D eigenvalue weighted by atomic mass is 32.2. The number of fused-ring (bicyclic) bond motifs is 11. The molecule has 8 atom stereocenters. The Labute approximate surface area is 312 Å². The Balaban J connectivity index is 1.24. The van der Waals surface area contributed by atoms with E-state index in [1.54, 1.807) is 18.9 Å². The van der Waals surface area contributed by atoms with Crippen molar-refractivity contribution in [2.45, 2.75) is 87.6 Å². The van der Waals surface area contributed by atoms with Crippen LogP contribution in [0.1, 0.15) is 74.5 Å². The number of ether oxygens (including phenoxy) is 4. The number of likely N-dealkylation sites (N-methyl/N-ethyl adjacent to an activating group) is 1. The van der Waals surface area contributed by atoms with Gasteiger partial charge in [0, 0.05) is 51.2 Å². The zero-order valence-corrected chi connectivity index (χ0v) is 31.5. The molecule has 2 saturated heterocycles. The Morgan fingerprint density at radius 1 is 1.08 bits per heavy atom. The summed E-state index contributed by atoms with van der Waals surface area (Å²) >= 11 is 1.72. The number of phenols is 1. The van der Waals surface area contributed by atoms with Crippen molar-refractivity contribution in [3.05, 3.63) is 80.5 Å². The zero-order chi connectivity index (χ0) is 36.7. The summed E-state index contributed by atoms with van der Waals surface area (Å²) in [5.41, 5.74) is 8.77. The average molecular weight is 734 g/mol. The number of methoxy groups -OCH3 is 1. The van der Waals surface area contributed by atoms with Crippen molar-refractivity contribution in [2.24, 2.45) is 0 Å². The van der Waals surface area contributed by atoms with Crippen LogP contribution in [-0.4, -0.2) is 83.3 Å². The molecule has 12 heteroatoms. The number of hydrogen-bond acceptors (Lipinski definition) is 11. The molecule has 3 N–H and O–H groups in total. The van der Waals surface area contributed by atoms with E-state index in [4.69, 9.17) is 18.9 Å². The normalized spacial score (nSPS) is 31.3. The summed E-state index contributed by atoms with van der Waals surface area (Å²) < 4.78 is 24.8. The number of H-pyrrole nitrogens is 1. The zero-order valence-electron chi connectivity index (χ0n) is 30.7. The number of esters is 1. The summed E-state index contributed by atoms with van der Waals surface area (Å²) in [5.74, 6) is 2.04. The van der Waals surface area contributed by atoms with Crippen molar-refractivity contribution >= 4 is 28.6 Å². The van der Waals surface area contributed by atoms with Crippen molar-refractivity contribution in [3.63, 3.8) is 0 Å². The van der Waals surface area contributed by atoms with Gasteiger partial charge in [0.15, 0.2) is 28.5 Å². The molecule has 1 aromatic heterocycles. The van der Waals surface area contributed by atoms with E-state index in [0.29, 0.717) is 29.4 Å². The Morgan fingerprint density at radius 3 is 2.66 bits per heavy atom. The summed E-state index contributed by atoms with van der Waals surface area (Å²) in [4.78, 5) is 23.2. The molecule has 7 aliphatic heterocycles. The molecule has 4 bridgehead atoms. The van der Waals surface area contributed by atoms with E-state index >= 15 is 0 Å². The van der Waals surface area contributed by atoms with Gasteiger partial charge in [-0.15, -0.1) is 11.8 Å². The number of phenolic OH excluding ortho intramolecular Hbond substituents is 1. The summed E-state index contributed by atoms with van der Waals surface area (Å²) in [6, 6.07) is 11.3. The summed E-state index contributed by atoms with van der Waals surface area (Å²) in [6.45, 7) is 8.43. The number of carbonyl (C=O) groups is 1. The van der Waals surface area contributed by atoms with Gasteiger partial charge >= 0.3 is 5.97 Å². The van der Waals surface area contributed by atoms with Crippen molar-refractivity contribution in [3.8, 4) is 29.1 Å². The van der Waals surface area contributed by atoms with Gasteiger partial charge in [-0.3, -0.25) is 15.1 Å². The van der Waals surface area contributed by atoms with Gasteiger partial charge < -0.3 is 29.0 Å². The highest BCUT2D eigenvalue weighted by molar-refractivity contribution is 7.99. The first kappa shape index (κ1) is 33.2. The van der Waals surface area contributed by atoms with Gasteiger partial charge in [-0.1, -0.05) is 24.3 Å². The molecule has 3 aromatic carbocycles. The van der Waals surface area contributed by atoms with Gasteiger partial charge in [0.25, 0.3) is 0 Å². The second kappa shape index (κ2) is 11.5. The minimum atomic E-state index is -1.15. The minimum absolute atomic E-state index is 0.0129. The third kappa shape index (κ3) is 4.25. The van der Waals surface area contributed by atoms with Gasteiger partial charge in [-0.05, 0) is 87.0 Å². The molecule has 274 valence electrons. The molecule has 11 rings (SSSR count). The highest BCUT2D eigenvalue weighted by Gasteiger charge is 2.61. The molecular weight excluding hydrogens is 691 g/mol. The number of carbonyl (C=O) groups excluding carboxylic acids is 1. The molecule has 4 aromatic rings. The quantitative estimate of drug-likeness (QED) is 0.214. The Kier molecular flexibility index (Phi) is 7.23. The fourth-order valence-corrected chi connectivity index (χ4v) is 12.6. The molecule has 1 spiro atoms. The number of para-hydroxylation sites is 1. The monoisotopic (exact) mass is 733 g/mol. The number of piperazine rings is 1. The molecule has 0 aliphatic carbocycles. The van der Waals surface area contributed by atoms with Gasteiger partial charge in [0.1, 0.15) is 12.6 Å². The molecule has 0 radical (unpaired) electrons. The summed E-state index contributed by atoms with van der Waals surface area (Å²) in [6.07, 6.45) is 1.36. The molecule has 53 heavy (non-hydrogen) atoms. The molecule has 0 unspecified atom stereocenters. The number of thioether (sulfide) groups is 1. The summed E-state index contributed by atoms with van der Waals surface area (Å²) in [5, 5.41) is 27.8. The Bertz CT molecular complexity index is 2300. The standard InChI is InChI=1S/C41H43N5O6S/c1-18-11-22-13-26-27(14-42)46-28-15-50-40(48)41(39-24(12-19(2)44-41)23-9-7-8-10-25(23)43-39)16-53-38(29-20(3)21(4)36-37(31(28)29)52-17-51-36)33(46)32(45(26)5)30(22)34(47)35(18)49-6/h7-11,19,26-28,32-33,38,43-44,47H,12-13,15-17H2,1-6H3/t19-,26-,27-,28-,32+,33+,38+,41+/m0/s1. The van der Waals surface area contributed by atoms with Gasteiger partial charge in [-0.25, -0.2) is 4.79 Å². The molecular formula is C41H43N5O6S. The van der Waals surface area contributed by atoms with Crippen LogP contribution in [0.25, 0.3) is 10.9 Å². The van der Waals surface area contributed by atoms with Crippen LogP contribution in [0.4, 0.5) is 0 Å². The maximum atomic E-state index is 14.9. The van der Waals surface area contributed by atoms with Crippen LogP contribution in [0.3, 0.4) is 0 Å². The minimum Gasteiger partial charge on any atom is -0.504 e. The predicted octanol–water partition coefficient (Wildman–Crippen LogP) is 5.53. The third-order valence-electron chi connectivity index (χ3n) is 13.1. The number of aromatic nitrogens is 1. The second-order valence-corrected chi connectivity index (χ2v) is 16.8. The molecule has 7 aliphatic rings. The fraction of sp³-hybridized carbons (Fsp3) is 0.463. The van der Waals surface area contributed by atoms with Crippen LogP contribution >= 0.6 is 11.8 Å². The van der Waals surface area contributed by atoms with Crippen molar-refractivity contribution < 1.29 is 28.8 Å². The van der Waals surface area contributed by atoms with Crippen molar-refractivity contribution in [2.75, 3.05) is 33.3 Å². The number of nitrogens with one attached hydrogen (secondary N) is 2. The van der Waals surface area contributed by atoms with E-state index < -0.39 is 17.6 Å². The average Bonchev–Trinajstić information content (AvgIpc) is 3.78. The number of benzene rings is 3. The maximum absolute atomic E-state index is 14.9. The number of nitriles is 1. The maximum Gasteiger partial charge on any atom is 0.333 e. The van der Waals surface area contributed by atoms with Crippen LogP contribution in [0.5, 0.6) is 23.0 Å². The van der Waals surface area contributed by atoms with Gasteiger partial charge in [-0.2, -0.15) is 5.26 Å². The number of rotatable bonds is 1. The largest absolute Gasteiger partial charge is 0.504 e. The van der Waals surface area contributed by atoms with E-state index in [9.17, 15) is 15.2 Å². The Morgan fingerprint density at radius 2 is 1.87 bits per heavy atom. The molecule has 8 heterocycles.